The summed E-state index contributed by atoms with van der Waals surface area (Å²) in [6.07, 6.45) is 0. The summed E-state index contributed by atoms with van der Waals surface area (Å²) in [5.74, 6) is -0.748. The lowest BCUT2D eigenvalue weighted by Gasteiger charge is -2.20. The van der Waals surface area contributed by atoms with E-state index < -0.39 is 22.0 Å². The van der Waals surface area contributed by atoms with Crippen LogP contribution in [-0.2, 0) is 21.4 Å². The van der Waals surface area contributed by atoms with Crippen molar-refractivity contribution in [2.24, 2.45) is 0 Å². The highest BCUT2D eigenvalue weighted by Crippen LogP contribution is 2.41. The molecule has 1 amide bonds. The number of nitrogens with zero attached hydrogens (tertiary/aromatic N) is 1. The first-order valence-electron chi connectivity index (χ1n) is 6.59. The van der Waals surface area contributed by atoms with Crippen molar-refractivity contribution < 1.29 is 18.4 Å². The fraction of sp³-hybridized carbons (Fsp3) is 0.214. The molecule has 1 aromatic heterocycles. The monoisotopic (exact) mass is 338 g/mol. The van der Waals surface area contributed by atoms with Gasteiger partial charge >= 0.3 is 0 Å². The number of carbonyl (C=O) groups excluding carboxylic acids is 1. The van der Waals surface area contributed by atoms with Crippen LogP contribution in [0.2, 0.25) is 0 Å². The van der Waals surface area contributed by atoms with Gasteiger partial charge in [0.2, 0.25) is 10.0 Å². The predicted octanol–water partition coefficient (Wildman–Crippen LogP) is 1.81. The van der Waals surface area contributed by atoms with Gasteiger partial charge in [-0.15, -0.1) is 11.3 Å². The molecule has 0 saturated carbocycles. The minimum Gasteiger partial charge on any atom is -0.289 e. The zero-order valence-corrected chi connectivity index (χ0v) is 13.3. The molecule has 2 heterocycles. The van der Waals surface area contributed by atoms with E-state index in [2.05, 4.69) is 0 Å². The average Bonchev–Trinajstić information content (AvgIpc) is 3.05. The molecule has 6 nitrogen and oxygen atoms in total. The van der Waals surface area contributed by atoms with Crippen LogP contribution in [0, 0.1) is 0 Å². The molecule has 1 aromatic carbocycles. The van der Waals surface area contributed by atoms with Crippen LogP contribution in [0.15, 0.2) is 41.3 Å². The van der Waals surface area contributed by atoms with Gasteiger partial charge < -0.3 is 0 Å². The van der Waals surface area contributed by atoms with Crippen LogP contribution in [0.4, 0.5) is 0 Å². The lowest BCUT2D eigenvalue weighted by molar-refractivity contribution is -0.132. The third-order valence-corrected chi connectivity index (χ3v) is 6.92. The number of amides is 1. The van der Waals surface area contributed by atoms with Gasteiger partial charge in [0, 0.05) is 9.75 Å². The minimum absolute atomic E-state index is 0.143. The summed E-state index contributed by atoms with van der Waals surface area (Å²) in [6.45, 7) is 1.58. The molecule has 1 unspecified atom stereocenters. The minimum atomic E-state index is -3.72. The second kappa shape index (κ2) is 5.47. The molecule has 1 aliphatic heterocycles. The van der Waals surface area contributed by atoms with Crippen LogP contribution in [0.5, 0.6) is 0 Å². The van der Waals surface area contributed by atoms with Gasteiger partial charge in [-0.2, -0.15) is 4.31 Å². The Morgan fingerprint density at radius 2 is 2.05 bits per heavy atom. The summed E-state index contributed by atoms with van der Waals surface area (Å²) in [5, 5.41) is 8.68. The Balaban J connectivity index is 1.97. The number of hydrogen-bond donors (Lipinski definition) is 2. The summed E-state index contributed by atoms with van der Waals surface area (Å²) >= 11 is 1.40. The second-order valence-electron chi connectivity index (χ2n) is 4.97. The second-order valence-corrected chi connectivity index (χ2v) is 7.96. The van der Waals surface area contributed by atoms with Gasteiger partial charge in [0.1, 0.15) is 6.04 Å². The number of rotatable bonds is 3. The molecule has 22 heavy (non-hydrogen) atoms. The zero-order valence-electron chi connectivity index (χ0n) is 11.7. The Labute approximate surface area is 132 Å². The lowest BCUT2D eigenvalue weighted by atomic mass is 10.2. The molecule has 0 radical (unpaired) electrons. The molecule has 2 aromatic rings. The van der Waals surface area contributed by atoms with Crippen molar-refractivity contribution in [2.45, 2.75) is 24.4 Å². The molecular formula is C14H14N2O4S2. The van der Waals surface area contributed by atoms with Crippen molar-refractivity contribution in [3.05, 3.63) is 41.3 Å². The summed E-state index contributed by atoms with van der Waals surface area (Å²) in [7, 11) is -3.72. The van der Waals surface area contributed by atoms with Crippen LogP contribution in [0.3, 0.4) is 0 Å². The smallest absolute Gasteiger partial charge is 0.261 e. The normalized spacial score (nSPS) is 17.9. The molecule has 8 heteroatoms. The lowest BCUT2D eigenvalue weighted by Crippen LogP contribution is -2.44. The highest BCUT2D eigenvalue weighted by atomic mass is 32.2. The molecular weight excluding hydrogens is 324 g/mol. The van der Waals surface area contributed by atoms with Crippen LogP contribution in [-0.4, -0.2) is 29.9 Å². The topological polar surface area (TPSA) is 86.7 Å². The zero-order chi connectivity index (χ0) is 15.9. The largest absolute Gasteiger partial charge is 0.289 e. The Morgan fingerprint density at radius 3 is 2.64 bits per heavy atom. The van der Waals surface area contributed by atoms with Gasteiger partial charge in [-0.05, 0) is 18.6 Å². The number of hydroxylamine groups is 1. The number of thiophene rings is 1. The fourth-order valence-corrected chi connectivity index (χ4v) is 5.75. The van der Waals surface area contributed by atoms with Gasteiger partial charge in [-0.25, -0.2) is 13.9 Å². The van der Waals surface area contributed by atoms with Crippen molar-refractivity contribution in [1.29, 1.82) is 0 Å². The van der Waals surface area contributed by atoms with E-state index >= 15 is 0 Å². The van der Waals surface area contributed by atoms with Crippen LogP contribution in [0.25, 0.3) is 10.4 Å². The Kier molecular flexibility index (Phi) is 3.77. The van der Waals surface area contributed by atoms with E-state index in [0.29, 0.717) is 4.88 Å². The molecule has 0 spiro atoms. The van der Waals surface area contributed by atoms with Gasteiger partial charge in [0.05, 0.1) is 11.4 Å². The first kappa shape index (κ1) is 15.2. The summed E-state index contributed by atoms with van der Waals surface area (Å²) < 4.78 is 26.2. The van der Waals surface area contributed by atoms with E-state index in [4.69, 9.17) is 5.21 Å². The van der Waals surface area contributed by atoms with Gasteiger partial charge in [-0.1, -0.05) is 30.3 Å². The number of benzene rings is 1. The van der Waals surface area contributed by atoms with Crippen LogP contribution >= 0.6 is 11.3 Å². The Bertz CT molecular complexity index is 815. The summed E-state index contributed by atoms with van der Waals surface area (Å²) in [4.78, 5) is 13.3. The highest BCUT2D eigenvalue weighted by molar-refractivity contribution is 7.89. The molecule has 0 fully saturated rings. The molecule has 0 saturated heterocycles. The summed E-state index contributed by atoms with van der Waals surface area (Å²) in [5.41, 5.74) is 2.46. The summed E-state index contributed by atoms with van der Waals surface area (Å²) in [6, 6.07) is 10.2. The standard InChI is InChI=1S/C14H14N2O4S2/c1-9(14(17)15-18)16-8-12-13(22(16,19)20)7-11(21-12)10-5-3-2-4-6-10/h2-7,9,18H,8H2,1H3,(H,15,17). The van der Waals surface area contributed by atoms with Crippen LogP contribution in [0.1, 0.15) is 11.8 Å². The van der Waals surface area contributed by atoms with E-state index in [-0.39, 0.29) is 11.4 Å². The molecule has 3 rings (SSSR count). The number of nitrogens with one attached hydrogen (secondary N) is 1. The highest BCUT2D eigenvalue weighted by Gasteiger charge is 2.41. The number of hydrogen-bond acceptors (Lipinski definition) is 5. The SMILES string of the molecule is CC(C(=O)NO)N1Cc2sc(-c3ccccc3)cc2S1(=O)=O. The number of sulfonamides is 1. The van der Waals surface area contributed by atoms with Gasteiger partial charge in [0.25, 0.3) is 5.91 Å². The molecule has 0 bridgehead atoms. The number of fused-ring (bicyclic) bond motifs is 1. The quantitative estimate of drug-likeness (QED) is 0.660. The molecule has 0 aliphatic carbocycles. The van der Waals surface area contributed by atoms with Gasteiger partial charge in [0.15, 0.2) is 0 Å². The maximum atomic E-state index is 12.6. The van der Waals surface area contributed by atoms with Crippen molar-refractivity contribution in [2.75, 3.05) is 0 Å². The van der Waals surface area contributed by atoms with Gasteiger partial charge in [-0.3, -0.25) is 10.0 Å². The van der Waals surface area contributed by atoms with Crippen molar-refractivity contribution in [1.82, 2.24) is 9.79 Å². The van der Waals surface area contributed by atoms with E-state index in [1.165, 1.54) is 23.7 Å². The van der Waals surface area contributed by atoms with Crippen molar-refractivity contribution >= 4 is 27.3 Å². The number of carbonyl (C=O) groups is 1. The fourth-order valence-electron chi connectivity index (χ4n) is 2.41. The third-order valence-electron chi connectivity index (χ3n) is 3.64. The maximum Gasteiger partial charge on any atom is 0.261 e. The Hall–Kier alpha value is -1.74. The van der Waals surface area contributed by atoms with E-state index in [1.54, 1.807) is 6.07 Å². The predicted molar refractivity (Wildman–Crippen MR) is 81.9 cm³/mol. The first-order chi connectivity index (χ1) is 10.4. The van der Waals surface area contributed by atoms with Crippen molar-refractivity contribution in [3.8, 4) is 10.4 Å². The molecule has 2 N–H and O–H groups in total. The maximum absolute atomic E-state index is 12.6. The first-order valence-corrected chi connectivity index (χ1v) is 8.84. The molecule has 1 aliphatic rings. The van der Waals surface area contributed by atoms with Crippen LogP contribution < -0.4 is 5.48 Å². The van der Waals surface area contributed by atoms with E-state index in [1.807, 2.05) is 30.3 Å². The van der Waals surface area contributed by atoms with E-state index in [0.717, 1.165) is 14.7 Å². The Morgan fingerprint density at radius 1 is 1.36 bits per heavy atom. The third kappa shape index (κ3) is 2.34. The molecule has 1 atom stereocenters. The average molecular weight is 338 g/mol. The van der Waals surface area contributed by atoms with Crippen molar-refractivity contribution in [3.63, 3.8) is 0 Å². The molecule has 116 valence electrons. The van der Waals surface area contributed by atoms with E-state index in [9.17, 15) is 13.2 Å².